The van der Waals surface area contributed by atoms with Gasteiger partial charge in [0.2, 0.25) is 0 Å². The Bertz CT molecular complexity index is 901. The summed E-state index contributed by atoms with van der Waals surface area (Å²) in [6.07, 6.45) is 11.7. The van der Waals surface area contributed by atoms with Gasteiger partial charge in [-0.05, 0) is 90.8 Å². The van der Waals surface area contributed by atoms with E-state index in [4.69, 9.17) is 23.2 Å². The minimum atomic E-state index is 0.148. The van der Waals surface area contributed by atoms with E-state index in [1.54, 1.807) is 0 Å². The van der Waals surface area contributed by atoms with Gasteiger partial charge in [-0.2, -0.15) is 0 Å². The number of aryl methyl sites for hydroxylation is 3. The van der Waals surface area contributed by atoms with E-state index in [0.29, 0.717) is 0 Å². The SMILES string of the molecule is Clc1ccccc1CCC1(CCc2ccccc2Cl)CCCc2cnccc21. The minimum absolute atomic E-state index is 0.148. The number of fused-ring (bicyclic) bond motifs is 1. The van der Waals surface area contributed by atoms with E-state index in [1.807, 2.05) is 30.5 Å². The highest BCUT2D eigenvalue weighted by Gasteiger charge is 2.36. The lowest BCUT2D eigenvalue weighted by Crippen LogP contribution is -2.32. The average Bonchev–Trinajstić information content (AvgIpc) is 2.73. The van der Waals surface area contributed by atoms with Crippen molar-refractivity contribution >= 4 is 23.2 Å². The molecule has 0 aliphatic heterocycles. The largest absolute Gasteiger partial charge is 0.264 e. The first-order valence-electron chi connectivity index (χ1n) is 10.1. The van der Waals surface area contributed by atoms with E-state index < -0.39 is 0 Å². The van der Waals surface area contributed by atoms with Gasteiger partial charge in [0, 0.05) is 22.4 Å². The van der Waals surface area contributed by atoms with Gasteiger partial charge >= 0.3 is 0 Å². The lowest BCUT2D eigenvalue weighted by atomic mass is 9.65. The van der Waals surface area contributed by atoms with Crippen molar-refractivity contribution in [1.82, 2.24) is 4.98 Å². The second-order valence-electron chi connectivity index (χ2n) is 7.85. The van der Waals surface area contributed by atoms with Crippen molar-refractivity contribution in [3.63, 3.8) is 0 Å². The average molecular weight is 410 g/mol. The molecule has 2 aromatic carbocycles. The van der Waals surface area contributed by atoms with Gasteiger partial charge in [0.05, 0.1) is 0 Å². The summed E-state index contributed by atoms with van der Waals surface area (Å²) in [5.74, 6) is 0. The first-order chi connectivity index (χ1) is 13.7. The van der Waals surface area contributed by atoms with Crippen LogP contribution in [0.1, 0.15) is 47.9 Å². The van der Waals surface area contributed by atoms with Crippen LogP contribution < -0.4 is 0 Å². The lowest BCUT2D eigenvalue weighted by Gasteiger charge is -2.40. The summed E-state index contributed by atoms with van der Waals surface area (Å²) >= 11 is 12.9. The van der Waals surface area contributed by atoms with Crippen LogP contribution in [-0.2, 0) is 24.7 Å². The maximum absolute atomic E-state index is 6.45. The molecule has 0 fully saturated rings. The van der Waals surface area contributed by atoms with Gasteiger partial charge in [-0.25, -0.2) is 0 Å². The van der Waals surface area contributed by atoms with E-state index in [-0.39, 0.29) is 5.41 Å². The molecule has 4 rings (SSSR count). The normalized spacial score (nSPS) is 15.2. The highest BCUT2D eigenvalue weighted by Crippen LogP contribution is 2.44. The van der Waals surface area contributed by atoms with Gasteiger partial charge < -0.3 is 0 Å². The van der Waals surface area contributed by atoms with Crippen LogP contribution in [0.25, 0.3) is 0 Å². The zero-order valence-corrected chi connectivity index (χ0v) is 17.5. The number of aromatic nitrogens is 1. The zero-order chi connectivity index (χ0) is 19.4. The smallest absolute Gasteiger partial charge is 0.0437 e. The molecule has 1 aromatic heterocycles. The number of pyridine rings is 1. The van der Waals surface area contributed by atoms with Crippen molar-refractivity contribution in [2.75, 3.05) is 0 Å². The first-order valence-corrected chi connectivity index (χ1v) is 10.8. The first kappa shape index (κ1) is 19.5. The van der Waals surface area contributed by atoms with E-state index in [9.17, 15) is 0 Å². The number of hydrogen-bond acceptors (Lipinski definition) is 1. The molecule has 0 spiro atoms. The molecule has 0 radical (unpaired) electrons. The Morgan fingerprint density at radius 1 is 0.821 bits per heavy atom. The van der Waals surface area contributed by atoms with Crippen LogP contribution in [-0.4, -0.2) is 4.98 Å². The summed E-state index contributed by atoms with van der Waals surface area (Å²) in [5.41, 5.74) is 5.51. The van der Waals surface area contributed by atoms with Crippen LogP contribution in [0.5, 0.6) is 0 Å². The van der Waals surface area contributed by atoms with Crippen LogP contribution in [0.4, 0.5) is 0 Å². The van der Waals surface area contributed by atoms with E-state index in [1.165, 1.54) is 35.1 Å². The van der Waals surface area contributed by atoms with Crippen molar-refractivity contribution in [3.8, 4) is 0 Å². The fourth-order valence-electron chi connectivity index (χ4n) is 4.69. The molecule has 0 atom stereocenters. The quantitative estimate of drug-likeness (QED) is 0.418. The van der Waals surface area contributed by atoms with Gasteiger partial charge in [0.25, 0.3) is 0 Å². The second-order valence-corrected chi connectivity index (χ2v) is 8.66. The van der Waals surface area contributed by atoms with Crippen LogP contribution >= 0.6 is 23.2 Å². The summed E-state index contributed by atoms with van der Waals surface area (Å²) in [4.78, 5) is 4.39. The topological polar surface area (TPSA) is 12.9 Å². The maximum Gasteiger partial charge on any atom is 0.0437 e. The molecule has 0 unspecified atom stereocenters. The number of nitrogens with zero attached hydrogens (tertiary/aromatic N) is 1. The lowest BCUT2D eigenvalue weighted by molar-refractivity contribution is 0.310. The molecule has 0 saturated carbocycles. The molecule has 144 valence electrons. The van der Waals surface area contributed by atoms with Gasteiger partial charge in [-0.15, -0.1) is 0 Å². The van der Waals surface area contributed by atoms with Gasteiger partial charge in [0.15, 0.2) is 0 Å². The zero-order valence-electron chi connectivity index (χ0n) is 16.0. The summed E-state index contributed by atoms with van der Waals surface area (Å²) in [7, 11) is 0. The summed E-state index contributed by atoms with van der Waals surface area (Å²) in [5, 5.41) is 1.74. The summed E-state index contributed by atoms with van der Waals surface area (Å²) < 4.78 is 0. The van der Waals surface area contributed by atoms with Gasteiger partial charge in [0.1, 0.15) is 0 Å². The molecule has 1 nitrogen and oxygen atoms in total. The molecule has 0 saturated heterocycles. The van der Waals surface area contributed by atoms with Crippen molar-refractivity contribution in [2.45, 2.75) is 50.4 Å². The van der Waals surface area contributed by atoms with E-state index in [0.717, 1.165) is 42.1 Å². The molecule has 1 heterocycles. The third-order valence-electron chi connectivity index (χ3n) is 6.24. The molecule has 3 aromatic rings. The molecule has 28 heavy (non-hydrogen) atoms. The molecule has 3 heteroatoms. The van der Waals surface area contributed by atoms with Crippen molar-refractivity contribution < 1.29 is 0 Å². The molecule has 1 aliphatic carbocycles. The fraction of sp³-hybridized carbons (Fsp3) is 0.320. The van der Waals surface area contributed by atoms with Crippen LogP contribution in [0.3, 0.4) is 0 Å². The minimum Gasteiger partial charge on any atom is -0.264 e. The monoisotopic (exact) mass is 409 g/mol. The number of benzene rings is 2. The fourth-order valence-corrected chi connectivity index (χ4v) is 5.15. The van der Waals surface area contributed by atoms with Crippen molar-refractivity contribution in [2.24, 2.45) is 0 Å². The highest BCUT2D eigenvalue weighted by atomic mass is 35.5. The van der Waals surface area contributed by atoms with Crippen molar-refractivity contribution in [1.29, 1.82) is 0 Å². The van der Waals surface area contributed by atoms with E-state index >= 15 is 0 Å². The molecular weight excluding hydrogens is 385 g/mol. The van der Waals surface area contributed by atoms with Gasteiger partial charge in [-0.3, -0.25) is 4.98 Å². The van der Waals surface area contributed by atoms with E-state index in [2.05, 4.69) is 41.5 Å². The van der Waals surface area contributed by atoms with Crippen LogP contribution in [0, 0.1) is 0 Å². The standard InChI is InChI=1S/C25H25Cl2N/c26-23-9-3-1-6-19(23)11-15-25(16-12-20-7-2-4-10-24(20)27)14-5-8-21-18-28-17-13-22(21)25/h1-4,6-7,9-10,13,17-18H,5,8,11-12,14-16H2. The molecule has 1 aliphatic rings. The third kappa shape index (κ3) is 4.11. The maximum atomic E-state index is 6.45. The Morgan fingerprint density at radius 3 is 2.04 bits per heavy atom. The Labute approximate surface area is 177 Å². The predicted octanol–water partition coefficient (Wildman–Crippen LogP) is 7.23. The molecule has 0 N–H and O–H groups in total. The Balaban J connectivity index is 1.64. The Kier molecular flexibility index (Phi) is 6.04. The Morgan fingerprint density at radius 2 is 1.43 bits per heavy atom. The summed E-state index contributed by atoms with van der Waals surface area (Å²) in [6.45, 7) is 0. The van der Waals surface area contributed by atoms with Gasteiger partial charge in [-0.1, -0.05) is 59.6 Å². The molecule has 0 amide bonds. The number of halogens is 2. The second kappa shape index (κ2) is 8.68. The third-order valence-corrected chi connectivity index (χ3v) is 6.98. The number of hydrogen-bond donors (Lipinski definition) is 0. The molecule has 0 bridgehead atoms. The summed E-state index contributed by atoms with van der Waals surface area (Å²) in [6, 6.07) is 18.7. The molecular formula is C25H25Cl2N. The van der Waals surface area contributed by atoms with Crippen molar-refractivity contribution in [3.05, 3.63) is 99.3 Å². The Hall–Kier alpha value is -1.83. The number of rotatable bonds is 6. The van der Waals surface area contributed by atoms with Crippen LogP contribution in [0.15, 0.2) is 67.0 Å². The highest BCUT2D eigenvalue weighted by molar-refractivity contribution is 6.31. The van der Waals surface area contributed by atoms with Crippen LogP contribution in [0.2, 0.25) is 10.0 Å². The predicted molar refractivity (Wildman–Crippen MR) is 118 cm³/mol.